The number of amides is 2. The molecule has 0 unspecified atom stereocenters. The number of nitrogens with one attached hydrogen (secondary N) is 2. The molecule has 0 aliphatic rings. The molecule has 0 fully saturated rings. The van der Waals surface area contributed by atoms with Crippen LogP contribution < -0.4 is 10.7 Å². The number of nitrogens with zero attached hydrogens (tertiary/aromatic N) is 1. The Balaban J connectivity index is 1.55. The first-order valence-corrected chi connectivity index (χ1v) is 9.56. The first-order valence-electron chi connectivity index (χ1n) is 7.57. The second-order valence-electron chi connectivity index (χ2n) is 5.27. The molecule has 26 heavy (non-hydrogen) atoms. The van der Waals surface area contributed by atoms with E-state index >= 15 is 0 Å². The molecule has 0 saturated heterocycles. The van der Waals surface area contributed by atoms with Gasteiger partial charge in [-0.05, 0) is 23.8 Å². The average Bonchev–Trinajstić information content (AvgIpc) is 2.97. The third-order valence-corrected chi connectivity index (χ3v) is 5.57. The molecule has 1 heterocycles. The van der Waals surface area contributed by atoms with E-state index in [9.17, 15) is 9.59 Å². The zero-order valence-corrected chi connectivity index (χ0v) is 16.5. The van der Waals surface area contributed by atoms with Gasteiger partial charge in [0.05, 0.1) is 17.8 Å². The van der Waals surface area contributed by atoms with Crippen molar-refractivity contribution in [2.45, 2.75) is 0 Å². The summed E-state index contributed by atoms with van der Waals surface area (Å²) < 4.78 is 1.84. The fourth-order valence-corrected chi connectivity index (χ4v) is 4.06. The smallest absolute Gasteiger partial charge is 0.263 e. The number of benzene rings is 2. The predicted octanol–water partition coefficient (Wildman–Crippen LogP) is 4.20. The summed E-state index contributed by atoms with van der Waals surface area (Å²) in [6.45, 7) is -0.195. The maximum Gasteiger partial charge on any atom is 0.263 e. The summed E-state index contributed by atoms with van der Waals surface area (Å²) in [5.74, 6) is -0.816. The van der Waals surface area contributed by atoms with E-state index in [0.29, 0.717) is 9.90 Å². The van der Waals surface area contributed by atoms with Gasteiger partial charge in [0.25, 0.3) is 11.8 Å². The zero-order chi connectivity index (χ0) is 18.5. The molecule has 0 radical (unpaired) electrons. The largest absolute Gasteiger partial charge is 0.342 e. The maximum absolute atomic E-state index is 12.3. The first-order chi connectivity index (χ1) is 12.5. The highest BCUT2D eigenvalue weighted by Crippen LogP contribution is 2.34. The second-order valence-corrected chi connectivity index (χ2v) is 7.62. The molecule has 2 amide bonds. The number of hydrogen-bond acceptors (Lipinski definition) is 4. The summed E-state index contributed by atoms with van der Waals surface area (Å²) >= 11 is 10.9. The fraction of sp³-hybridized carbons (Fsp3) is 0.0556. The van der Waals surface area contributed by atoms with Crippen LogP contribution in [0.5, 0.6) is 0 Å². The molecule has 8 heteroatoms. The number of thiophene rings is 1. The van der Waals surface area contributed by atoms with Crippen molar-refractivity contribution < 1.29 is 9.59 Å². The molecular weight excluding hydrogens is 438 g/mol. The molecule has 0 saturated carbocycles. The third-order valence-electron chi connectivity index (χ3n) is 3.40. The molecule has 3 aromatic rings. The Bertz CT molecular complexity index is 1000. The Kier molecular flexibility index (Phi) is 6.03. The van der Waals surface area contributed by atoms with E-state index in [1.165, 1.54) is 17.6 Å². The molecule has 0 bridgehead atoms. The van der Waals surface area contributed by atoms with Crippen molar-refractivity contribution in [1.29, 1.82) is 0 Å². The minimum absolute atomic E-state index is 0.195. The standard InChI is InChI=1S/C18H13BrClN3O2S/c19-12-5-3-4-11(8-12)9-22-23-15(24)10-21-18(25)17-16(20)13-6-1-2-7-14(13)26-17/h1-9H,10H2,(H,21,25)(H,23,24)/b22-9-. The highest BCUT2D eigenvalue weighted by molar-refractivity contribution is 9.10. The molecule has 5 nitrogen and oxygen atoms in total. The van der Waals surface area contributed by atoms with Crippen molar-refractivity contribution in [2.24, 2.45) is 5.10 Å². The van der Waals surface area contributed by atoms with Crippen molar-refractivity contribution in [2.75, 3.05) is 6.54 Å². The van der Waals surface area contributed by atoms with Crippen LogP contribution in [0.25, 0.3) is 10.1 Å². The lowest BCUT2D eigenvalue weighted by Crippen LogP contribution is -2.34. The van der Waals surface area contributed by atoms with Gasteiger partial charge in [-0.2, -0.15) is 5.10 Å². The van der Waals surface area contributed by atoms with E-state index in [2.05, 4.69) is 31.8 Å². The van der Waals surface area contributed by atoms with Gasteiger partial charge in [-0.25, -0.2) is 5.43 Å². The summed E-state index contributed by atoms with van der Waals surface area (Å²) in [6.07, 6.45) is 1.52. The molecule has 2 aromatic carbocycles. The number of carbonyl (C=O) groups is 2. The van der Waals surface area contributed by atoms with Gasteiger partial charge in [0.15, 0.2) is 0 Å². The lowest BCUT2D eigenvalue weighted by molar-refractivity contribution is -0.120. The normalized spacial score (nSPS) is 11.0. The molecule has 1 aromatic heterocycles. The van der Waals surface area contributed by atoms with Crippen LogP contribution in [-0.4, -0.2) is 24.6 Å². The fourth-order valence-electron chi connectivity index (χ4n) is 2.21. The Morgan fingerprint density at radius 2 is 2.00 bits per heavy atom. The van der Waals surface area contributed by atoms with Gasteiger partial charge in [-0.3, -0.25) is 9.59 Å². The molecular formula is C18H13BrClN3O2S. The molecule has 132 valence electrons. The second kappa shape index (κ2) is 8.44. The van der Waals surface area contributed by atoms with E-state index < -0.39 is 5.91 Å². The Morgan fingerprint density at radius 3 is 2.77 bits per heavy atom. The highest BCUT2D eigenvalue weighted by Gasteiger charge is 2.17. The number of rotatable bonds is 5. The van der Waals surface area contributed by atoms with Crippen molar-refractivity contribution in [3.63, 3.8) is 0 Å². The van der Waals surface area contributed by atoms with Crippen LogP contribution in [0.3, 0.4) is 0 Å². The minimum Gasteiger partial charge on any atom is -0.342 e. The highest BCUT2D eigenvalue weighted by atomic mass is 79.9. The topological polar surface area (TPSA) is 70.6 Å². The Morgan fingerprint density at radius 1 is 1.19 bits per heavy atom. The average molecular weight is 451 g/mol. The van der Waals surface area contributed by atoms with Crippen molar-refractivity contribution >= 4 is 67.0 Å². The van der Waals surface area contributed by atoms with E-state index in [1.807, 2.05) is 48.5 Å². The summed E-state index contributed by atoms with van der Waals surface area (Å²) in [6, 6.07) is 15.0. The van der Waals surface area contributed by atoms with Gasteiger partial charge in [0.2, 0.25) is 0 Å². The molecule has 0 aliphatic carbocycles. The van der Waals surface area contributed by atoms with Gasteiger partial charge < -0.3 is 5.32 Å². The minimum atomic E-state index is -0.429. The first kappa shape index (κ1) is 18.6. The summed E-state index contributed by atoms with van der Waals surface area (Å²) in [7, 11) is 0. The number of fused-ring (bicyclic) bond motifs is 1. The molecule has 2 N–H and O–H groups in total. The quantitative estimate of drug-likeness (QED) is 0.452. The lowest BCUT2D eigenvalue weighted by atomic mass is 10.2. The summed E-state index contributed by atoms with van der Waals surface area (Å²) in [5.41, 5.74) is 3.20. The number of hydrogen-bond donors (Lipinski definition) is 2. The van der Waals surface area contributed by atoms with Crippen LogP contribution in [0.4, 0.5) is 0 Å². The van der Waals surface area contributed by atoms with Crippen molar-refractivity contribution in [3.8, 4) is 0 Å². The third kappa shape index (κ3) is 4.49. The maximum atomic E-state index is 12.3. The Labute approximate surface area is 167 Å². The molecule has 3 rings (SSSR count). The van der Waals surface area contributed by atoms with E-state index in [4.69, 9.17) is 11.6 Å². The monoisotopic (exact) mass is 449 g/mol. The number of hydrazone groups is 1. The SMILES string of the molecule is O=C(CNC(=O)c1sc2ccccc2c1Cl)N/N=C\c1cccc(Br)c1. The van der Waals surface area contributed by atoms with Crippen LogP contribution >= 0.6 is 38.9 Å². The predicted molar refractivity (Wildman–Crippen MR) is 109 cm³/mol. The van der Waals surface area contributed by atoms with Gasteiger partial charge in [-0.15, -0.1) is 11.3 Å². The van der Waals surface area contributed by atoms with Crippen molar-refractivity contribution in [1.82, 2.24) is 10.7 Å². The molecule has 0 atom stereocenters. The van der Waals surface area contributed by atoms with Crippen LogP contribution in [-0.2, 0) is 4.79 Å². The van der Waals surface area contributed by atoms with Crippen LogP contribution in [0.2, 0.25) is 5.02 Å². The van der Waals surface area contributed by atoms with Gasteiger partial charge in [0.1, 0.15) is 4.88 Å². The van der Waals surface area contributed by atoms with Gasteiger partial charge >= 0.3 is 0 Å². The van der Waals surface area contributed by atoms with Gasteiger partial charge in [0, 0.05) is 14.6 Å². The van der Waals surface area contributed by atoms with Crippen LogP contribution in [0, 0.1) is 0 Å². The summed E-state index contributed by atoms with van der Waals surface area (Å²) in [4.78, 5) is 24.5. The Hall–Kier alpha value is -2.22. The van der Waals surface area contributed by atoms with E-state index in [-0.39, 0.29) is 12.5 Å². The van der Waals surface area contributed by atoms with E-state index in [1.54, 1.807) is 0 Å². The summed E-state index contributed by atoms with van der Waals surface area (Å²) in [5, 5.41) is 7.64. The van der Waals surface area contributed by atoms with Crippen LogP contribution in [0.15, 0.2) is 58.1 Å². The molecule has 0 aliphatic heterocycles. The van der Waals surface area contributed by atoms with Crippen LogP contribution in [0.1, 0.15) is 15.2 Å². The molecule has 0 spiro atoms. The number of carbonyl (C=O) groups excluding carboxylic acids is 2. The lowest BCUT2D eigenvalue weighted by Gasteiger charge is -2.03. The van der Waals surface area contributed by atoms with Gasteiger partial charge in [-0.1, -0.05) is 57.9 Å². The van der Waals surface area contributed by atoms with E-state index in [0.717, 1.165) is 20.1 Å². The van der Waals surface area contributed by atoms with Crippen molar-refractivity contribution in [3.05, 3.63) is 68.5 Å². The zero-order valence-electron chi connectivity index (χ0n) is 13.3. The number of halogens is 2.